The van der Waals surface area contributed by atoms with Crippen molar-refractivity contribution < 1.29 is 24.2 Å². The van der Waals surface area contributed by atoms with Gasteiger partial charge in [0.15, 0.2) is 0 Å². The van der Waals surface area contributed by atoms with E-state index in [2.05, 4.69) is 5.32 Å². The summed E-state index contributed by atoms with van der Waals surface area (Å²) in [6, 6.07) is 16.6. The van der Waals surface area contributed by atoms with Crippen LogP contribution in [-0.2, 0) is 16.0 Å². The molecular formula is C23H27NO5. The highest BCUT2D eigenvalue weighted by Crippen LogP contribution is 2.19. The van der Waals surface area contributed by atoms with Gasteiger partial charge in [-0.15, -0.1) is 0 Å². The van der Waals surface area contributed by atoms with Gasteiger partial charge in [-0.05, 0) is 42.7 Å². The maximum atomic E-state index is 12.7. The third-order valence-electron chi connectivity index (χ3n) is 4.95. The van der Waals surface area contributed by atoms with Gasteiger partial charge in [0.1, 0.15) is 11.9 Å². The van der Waals surface area contributed by atoms with Crippen LogP contribution in [0.3, 0.4) is 0 Å². The average Bonchev–Trinajstić information content (AvgIpc) is 2.74. The predicted molar refractivity (Wildman–Crippen MR) is 109 cm³/mol. The average molecular weight is 397 g/mol. The van der Waals surface area contributed by atoms with E-state index in [4.69, 9.17) is 14.6 Å². The van der Waals surface area contributed by atoms with Crippen LogP contribution in [0.5, 0.6) is 5.75 Å². The topological polar surface area (TPSA) is 84.9 Å². The van der Waals surface area contributed by atoms with Crippen molar-refractivity contribution in [3.8, 4) is 5.75 Å². The smallest absolute Gasteiger partial charge is 0.303 e. The van der Waals surface area contributed by atoms with Gasteiger partial charge >= 0.3 is 5.97 Å². The monoisotopic (exact) mass is 397 g/mol. The fourth-order valence-corrected chi connectivity index (χ4v) is 3.36. The number of aliphatic carboxylic acids is 1. The first-order valence-corrected chi connectivity index (χ1v) is 10.0. The quantitative estimate of drug-likeness (QED) is 0.677. The van der Waals surface area contributed by atoms with E-state index < -0.39 is 5.97 Å². The van der Waals surface area contributed by atoms with Crippen LogP contribution in [0.25, 0.3) is 0 Å². The van der Waals surface area contributed by atoms with Crippen molar-refractivity contribution in [1.82, 2.24) is 5.32 Å². The summed E-state index contributed by atoms with van der Waals surface area (Å²) in [5.41, 5.74) is 1.58. The number of carbonyl (C=O) groups excluding carboxylic acids is 1. The molecule has 0 aliphatic carbocycles. The van der Waals surface area contributed by atoms with E-state index in [0.29, 0.717) is 31.6 Å². The fourth-order valence-electron chi connectivity index (χ4n) is 3.36. The molecule has 0 radical (unpaired) electrons. The highest BCUT2D eigenvalue weighted by atomic mass is 16.5. The summed E-state index contributed by atoms with van der Waals surface area (Å²) in [7, 11) is 0. The van der Waals surface area contributed by atoms with E-state index in [-0.39, 0.29) is 24.5 Å². The molecule has 0 bridgehead atoms. The molecule has 29 heavy (non-hydrogen) atoms. The third-order valence-corrected chi connectivity index (χ3v) is 4.95. The zero-order valence-electron chi connectivity index (χ0n) is 16.4. The molecule has 1 unspecified atom stereocenters. The van der Waals surface area contributed by atoms with Crippen LogP contribution in [0.2, 0.25) is 0 Å². The highest BCUT2D eigenvalue weighted by molar-refractivity contribution is 5.94. The lowest BCUT2D eigenvalue weighted by atomic mass is 10.0. The molecule has 1 amide bonds. The Kier molecular flexibility index (Phi) is 7.64. The van der Waals surface area contributed by atoms with E-state index in [1.165, 1.54) is 0 Å². The lowest BCUT2D eigenvalue weighted by Gasteiger charge is -2.23. The number of carboxylic acid groups (broad SMARTS) is 1. The number of amides is 1. The van der Waals surface area contributed by atoms with E-state index in [9.17, 15) is 9.59 Å². The van der Waals surface area contributed by atoms with Crippen LogP contribution < -0.4 is 10.1 Å². The normalized spacial score (nSPS) is 15.4. The van der Waals surface area contributed by atoms with Crippen molar-refractivity contribution in [2.75, 3.05) is 13.2 Å². The number of hydrogen-bond donors (Lipinski definition) is 2. The summed E-state index contributed by atoms with van der Waals surface area (Å²) in [5.74, 6) is -0.346. The molecule has 3 rings (SSSR count). The Morgan fingerprint density at radius 3 is 2.41 bits per heavy atom. The van der Waals surface area contributed by atoms with Gasteiger partial charge in [0.25, 0.3) is 5.91 Å². The second-order valence-electron chi connectivity index (χ2n) is 7.25. The Balaban J connectivity index is 1.59. The fraction of sp³-hybridized carbons (Fsp3) is 0.391. The van der Waals surface area contributed by atoms with Gasteiger partial charge in [0, 0.05) is 30.9 Å². The number of carboxylic acids is 1. The first kappa shape index (κ1) is 20.9. The van der Waals surface area contributed by atoms with Crippen LogP contribution >= 0.6 is 0 Å². The van der Waals surface area contributed by atoms with Gasteiger partial charge in [-0.25, -0.2) is 0 Å². The Morgan fingerprint density at radius 2 is 1.76 bits per heavy atom. The number of benzene rings is 2. The summed E-state index contributed by atoms with van der Waals surface area (Å²) < 4.78 is 11.3. The van der Waals surface area contributed by atoms with Gasteiger partial charge < -0.3 is 19.9 Å². The van der Waals surface area contributed by atoms with Crippen LogP contribution in [0, 0.1) is 0 Å². The maximum Gasteiger partial charge on any atom is 0.303 e. The molecule has 6 nitrogen and oxygen atoms in total. The van der Waals surface area contributed by atoms with E-state index >= 15 is 0 Å². The molecule has 154 valence electrons. The molecule has 1 aliphatic heterocycles. The second kappa shape index (κ2) is 10.6. The summed E-state index contributed by atoms with van der Waals surface area (Å²) >= 11 is 0. The van der Waals surface area contributed by atoms with Crippen molar-refractivity contribution in [1.29, 1.82) is 0 Å². The van der Waals surface area contributed by atoms with Gasteiger partial charge in [-0.3, -0.25) is 9.59 Å². The molecule has 1 atom stereocenters. The number of hydrogen-bond acceptors (Lipinski definition) is 4. The lowest BCUT2D eigenvalue weighted by Crippen LogP contribution is -2.36. The first-order chi connectivity index (χ1) is 14.1. The molecule has 1 saturated heterocycles. The van der Waals surface area contributed by atoms with Crippen molar-refractivity contribution in [2.24, 2.45) is 0 Å². The first-order valence-electron chi connectivity index (χ1n) is 10.0. The number of rotatable bonds is 9. The Hall–Kier alpha value is -2.86. The summed E-state index contributed by atoms with van der Waals surface area (Å²) in [6.45, 7) is 1.43. The number of carbonyl (C=O) groups is 2. The Labute approximate surface area is 170 Å². The van der Waals surface area contributed by atoms with Gasteiger partial charge in [-0.2, -0.15) is 0 Å². The SMILES string of the molecule is O=C(O)CCC(Cc1ccccc1)NC(=O)c1ccc(OC2CCOCC2)cc1. The van der Waals surface area contributed by atoms with Gasteiger partial charge in [0.05, 0.1) is 13.2 Å². The van der Waals surface area contributed by atoms with Crippen molar-refractivity contribution in [2.45, 2.75) is 44.2 Å². The molecule has 1 fully saturated rings. The van der Waals surface area contributed by atoms with Crippen LogP contribution in [0.15, 0.2) is 54.6 Å². The van der Waals surface area contributed by atoms with Crippen molar-refractivity contribution in [3.05, 3.63) is 65.7 Å². The molecule has 1 heterocycles. The van der Waals surface area contributed by atoms with Crippen LogP contribution in [0.1, 0.15) is 41.6 Å². The minimum absolute atomic E-state index is 0.00958. The van der Waals surface area contributed by atoms with Crippen LogP contribution in [0.4, 0.5) is 0 Å². The summed E-state index contributed by atoms with van der Waals surface area (Å²) in [6.07, 6.45) is 2.86. The molecule has 1 aliphatic rings. The third kappa shape index (κ3) is 6.91. The summed E-state index contributed by atoms with van der Waals surface area (Å²) in [5, 5.41) is 12.0. The van der Waals surface area contributed by atoms with E-state index in [1.807, 2.05) is 30.3 Å². The van der Waals surface area contributed by atoms with E-state index in [1.54, 1.807) is 24.3 Å². The summed E-state index contributed by atoms with van der Waals surface area (Å²) in [4.78, 5) is 23.7. The Bertz CT molecular complexity index is 785. The minimum Gasteiger partial charge on any atom is -0.490 e. The van der Waals surface area contributed by atoms with Gasteiger partial charge in [0.2, 0.25) is 0 Å². The van der Waals surface area contributed by atoms with Gasteiger partial charge in [-0.1, -0.05) is 30.3 Å². The maximum absolute atomic E-state index is 12.7. The zero-order chi connectivity index (χ0) is 20.5. The molecule has 2 N–H and O–H groups in total. The largest absolute Gasteiger partial charge is 0.490 e. The molecule has 6 heteroatoms. The molecule has 0 saturated carbocycles. The van der Waals surface area contributed by atoms with E-state index in [0.717, 1.165) is 24.2 Å². The minimum atomic E-state index is -0.869. The highest BCUT2D eigenvalue weighted by Gasteiger charge is 2.17. The zero-order valence-corrected chi connectivity index (χ0v) is 16.4. The molecule has 0 spiro atoms. The Morgan fingerprint density at radius 1 is 1.07 bits per heavy atom. The molecular weight excluding hydrogens is 370 g/mol. The standard InChI is InChI=1S/C23H27NO5/c25-22(26)11-8-19(16-17-4-2-1-3-5-17)24-23(27)18-6-9-20(10-7-18)29-21-12-14-28-15-13-21/h1-7,9-10,19,21H,8,11-16H2,(H,24,27)(H,25,26). The predicted octanol–water partition coefficient (Wildman–Crippen LogP) is 3.45. The number of nitrogens with one attached hydrogen (secondary N) is 1. The van der Waals surface area contributed by atoms with Crippen molar-refractivity contribution >= 4 is 11.9 Å². The number of ether oxygens (including phenoxy) is 2. The van der Waals surface area contributed by atoms with Crippen molar-refractivity contribution in [3.63, 3.8) is 0 Å². The molecule has 0 aromatic heterocycles. The second-order valence-corrected chi connectivity index (χ2v) is 7.25. The molecule has 2 aromatic rings. The lowest BCUT2D eigenvalue weighted by molar-refractivity contribution is -0.137. The van der Waals surface area contributed by atoms with Crippen LogP contribution in [-0.4, -0.2) is 42.3 Å². The molecule has 2 aromatic carbocycles.